The summed E-state index contributed by atoms with van der Waals surface area (Å²) in [4.78, 5) is 0. The first-order chi connectivity index (χ1) is 5.95. The third-order valence-electron chi connectivity index (χ3n) is 2.59. The molecule has 0 N–H and O–H groups in total. The summed E-state index contributed by atoms with van der Waals surface area (Å²) in [6.45, 7) is 9.92. The van der Waals surface area contributed by atoms with Gasteiger partial charge in [0.25, 0.3) is 0 Å². The van der Waals surface area contributed by atoms with Gasteiger partial charge in [-0.2, -0.15) is 0 Å². The number of aryl methyl sites for hydroxylation is 2. The number of benzene rings is 1. The first kappa shape index (κ1) is 10.2. The van der Waals surface area contributed by atoms with Crippen molar-refractivity contribution in [3.63, 3.8) is 0 Å². The molecule has 1 heteroatoms. The molecule has 0 saturated heterocycles. The average molecular weight is 180 g/mol. The average Bonchev–Trinajstić information content (AvgIpc) is 2.01. The second-order valence-corrected chi connectivity index (χ2v) is 4.02. The first-order valence-electron chi connectivity index (χ1n) is 4.71. The van der Waals surface area contributed by atoms with E-state index in [1.54, 1.807) is 0 Å². The van der Waals surface area contributed by atoms with Crippen molar-refractivity contribution < 1.29 is 4.39 Å². The lowest BCUT2D eigenvalue weighted by Gasteiger charge is -2.15. The summed E-state index contributed by atoms with van der Waals surface area (Å²) >= 11 is 0. The SMILES string of the molecule is Cc1cc(C)c(F)c(C(C)C)c1C. The van der Waals surface area contributed by atoms with Crippen LogP contribution in [0.1, 0.15) is 42.0 Å². The summed E-state index contributed by atoms with van der Waals surface area (Å²) < 4.78 is 13.7. The molecule has 0 aliphatic heterocycles. The van der Waals surface area contributed by atoms with Crippen LogP contribution in [0, 0.1) is 26.6 Å². The molecule has 0 spiro atoms. The summed E-state index contributed by atoms with van der Waals surface area (Å²) in [6, 6.07) is 1.91. The van der Waals surface area contributed by atoms with E-state index in [1.807, 2.05) is 40.7 Å². The highest BCUT2D eigenvalue weighted by Gasteiger charge is 2.13. The van der Waals surface area contributed by atoms with Crippen LogP contribution in [0.5, 0.6) is 0 Å². The molecule has 0 unspecified atom stereocenters. The van der Waals surface area contributed by atoms with Crippen LogP contribution in [0.3, 0.4) is 0 Å². The van der Waals surface area contributed by atoms with E-state index >= 15 is 0 Å². The van der Waals surface area contributed by atoms with E-state index in [1.165, 1.54) is 5.56 Å². The normalized spacial score (nSPS) is 11.0. The van der Waals surface area contributed by atoms with Crippen LogP contribution in [0.25, 0.3) is 0 Å². The van der Waals surface area contributed by atoms with E-state index in [9.17, 15) is 4.39 Å². The molecule has 1 aromatic carbocycles. The van der Waals surface area contributed by atoms with Crippen molar-refractivity contribution in [3.8, 4) is 0 Å². The van der Waals surface area contributed by atoms with Gasteiger partial charge in [-0.05, 0) is 48.9 Å². The van der Waals surface area contributed by atoms with Crippen LogP contribution in [0.15, 0.2) is 6.07 Å². The fourth-order valence-electron chi connectivity index (χ4n) is 1.77. The maximum atomic E-state index is 13.7. The van der Waals surface area contributed by atoms with Crippen LogP contribution < -0.4 is 0 Å². The number of hydrogen-bond acceptors (Lipinski definition) is 0. The summed E-state index contributed by atoms with van der Waals surface area (Å²) in [5.41, 5.74) is 3.91. The standard InChI is InChI=1S/C12H17F/c1-7(2)11-10(5)8(3)6-9(4)12(11)13/h6-7H,1-5H3. The lowest BCUT2D eigenvalue weighted by atomic mass is 9.92. The minimum absolute atomic E-state index is 0.0295. The van der Waals surface area contributed by atoms with Crippen molar-refractivity contribution in [2.45, 2.75) is 40.5 Å². The number of hydrogen-bond donors (Lipinski definition) is 0. The van der Waals surface area contributed by atoms with Crippen molar-refractivity contribution >= 4 is 0 Å². The summed E-state index contributed by atoms with van der Waals surface area (Å²) in [5, 5.41) is 0. The fraction of sp³-hybridized carbons (Fsp3) is 0.500. The smallest absolute Gasteiger partial charge is 0.129 e. The molecule has 0 atom stereocenters. The zero-order valence-electron chi connectivity index (χ0n) is 9.03. The maximum Gasteiger partial charge on any atom is 0.129 e. The number of halogens is 1. The molecule has 0 heterocycles. The Hall–Kier alpha value is -0.850. The fourth-order valence-corrected chi connectivity index (χ4v) is 1.77. The molecular formula is C12H17F. The largest absolute Gasteiger partial charge is 0.206 e. The Morgan fingerprint density at radius 1 is 1.08 bits per heavy atom. The number of rotatable bonds is 1. The van der Waals surface area contributed by atoms with Crippen molar-refractivity contribution in [2.75, 3.05) is 0 Å². The van der Waals surface area contributed by atoms with Crippen LogP contribution in [0.2, 0.25) is 0 Å². The van der Waals surface area contributed by atoms with Crippen molar-refractivity contribution in [1.29, 1.82) is 0 Å². The lowest BCUT2D eigenvalue weighted by Crippen LogP contribution is -2.01. The van der Waals surface area contributed by atoms with Gasteiger partial charge < -0.3 is 0 Å². The van der Waals surface area contributed by atoms with Crippen LogP contribution >= 0.6 is 0 Å². The van der Waals surface area contributed by atoms with Gasteiger partial charge in [0.15, 0.2) is 0 Å². The molecular weight excluding hydrogens is 163 g/mol. The van der Waals surface area contributed by atoms with E-state index < -0.39 is 0 Å². The molecule has 1 rings (SSSR count). The van der Waals surface area contributed by atoms with E-state index in [-0.39, 0.29) is 11.7 Å². The Bertz CT molecular complexity index is 298. The predicted molar refractivity (Wildman–Crippen MR) is 54.7 cm³/mol. The summed E-state index contributed by atoms with van der Waals surface area (Å²) in [5.74, 6) is 0.233. The van der Waals surface area contributed by atoms with Gasteiger partial charge in [-0.25, -0.2) is 4.39 Å². The van der Waals surface area contributed by atoms with Crippen LogP contribution in [0.4, 0.5) is 4.39 Å². The summed E-state index contributed by atoms with van der Waals surface area (Å²) in [6.07, 6.45) is 0. The highest BCUT2D eigenvalue weighted by molar-refractivity contribution is 5.40. The van der Waals surface area contributed by atoms with Crippen LogP contribution in [-0.4, -0.2) is 0 Å². The van der Waals surface area contributed by atoms with Crippen LogP contribution in [-0.2, 0) is 0 Å². The molecule has 0 aromatic heterocycles. The Labute approximate surface area is 79.8 Å². The third-order valence-corrected chi connectivity index (χ3v) is 2.59. The molecule has 13 heavy (non-hydrogen) atoms. The summed E-state index contributed by atoms with van der Waals surface area (Å²) in [7, 11) is 0. The van der Waals surface area contributed by atoms with Crippen molar-refractivity contribution in [2.24, 2.45) is 0 Å². The Kier molecular flexibility index (Phi) is 2.74. The first-order valence-corrected chi connectivity index (χ1v) is 4.71. The lowest BCUT2D eigenvalue weighted by molar-refractivity contribution is 0.586. The molecule has 0 aliphatic rings. The maximum absolute atomic E-state index is 13.7. The second kappa shape index (κ2) is 3.49. The van der Waals surface area contributed by atoms with Crippen molar-refractivity contribution in [1.82, 2.24) is 0 Å². The highest BCUT2D eigenvalue weighted by atomic mass is 19.1. The van der Waals surface area contributed by atoms with Gasteiger partial charge in [0.2, 0.25) is 0 Å². The van der Waals surface area contributed by atoms with Gasteiger partial charge in [-0.1, -0.05) is 19.9 Å². The monoisotopic (exact) mass is 180 g/mol. The second-order valence-electron chi connectivity index (χ2n) is 4.02. The quantitative estimate of drug-likeness (QED) is 0.615. The topological polar surface area (TPSA) is 0 Å². The molecule has 0 saturated carbocycles. The Balaban J connectivity index is 3.46. The van der Waals surface area contributed by atoms with Crippen molar-refractivity contribution in [3.05, 3.63) is 34.1 Å². The molecule has 72 valence electrons. The molecule has 0 amide bonds. The van der Waals surface area contributed by atoms with Gasteiger partial charge >= 0.3 is 0 Å². The van der Waals surface area contributed by atoms with E-state index in [2.05, 4.69) is 0 Å². The zero-order chi connectivity index (χ0) is 10.2. The van der Waals surface area contributed by atoms with Gasteiger partial charge in [-0.3, -0.25) is 0 Å². The van der Waals surface area contributed by atoms with Gasteiger partial charge in [0, 0.05) is 0 Å². The third kappa shape index (κ3) is 1.74. The molecule has 0 bridgehead atoms. The zero-order valence-corrected chi connectivity index (χ0v) is 9.03. The molecule has 0 aliphatic carbocycles. The van der Waals surface area contributed by atoms with Gasteiger partial charge in [0.1, 0.15) is 5.82 Å². The Morgan fingerprint density at radius 3 is 2.08 bits per heavy atom. The molecule has 0 radical (unpaired) electrons. The predicted octanol–water partition coefficient (Wildman–Crippen LogP) is 3.87. The molecule has 0 nitrogen and oxygen atoms in total. The minimum atomic E-state index is -0.0295. The van der Waals surface area contributed by atoms with E-state index in [4.69, 9.17) is 0 Å². The van der Waals surface area contributed by atoms with E-state index in [0.29, 0.717) is 0 Å². The Morgan fingerprint density at radius 2 is 1.62 bits per heavy atom. The molecule has 0 fully saturated rings. The van der Waals surface area contributed by atoms with Gasteiger partial charge in [-0.15, -0.1) is 0 Å². The molecule has 1 aromatic rings. The minimum Gasteiger partial charge on any atom is -0.206 e. The van der Waals surface area contributed by atoms with E-state index in [0.717, 1.165) is 16.7 Å². The highest BCUT2D eigenvalue weighted by Crippen LogP contribution is 2.27. The van der Waals surface area contributed by atoms with Gasteiger partial charge in [0.05, 0.1) is 0 Å².